The number of aliphatic hydroxyl groups is 1. The molecule has 0 amide bonds. The van der Waals surface area contributed by atoms with E-state index in [0.717, 1.165) is 5.56 Å². The molecule has 4 heteroatoms. The Morgan fingerprint density at radius 1 is 1.22 bits per heavy atom. The zero-order valence-corrected chi connectivity index (χ0v) is 12.7. The number of hydrogen-bond donors (Lipinski definition) is 1. The smallest absolute Gasteiger partial charge is 0.301 e. The van der Waals surface area contributed by atoms with Crippen LogP contribution in [-0.4, -0.2) is 19.4 Å². The Morgan fingerprint density at radius 3 is 2.17 bits per heavy atom. The summed E-state index contributed by atoms with van der Waals surface area (Å²) in [6, 6.07) is 9.20. The molecule has 0 heterocycles. The summed E-state index contributed by atoms with van der Waals surface area (Å²) in [5.41, 5.74) is -0.211. The third-order valence-corrected chi connectivity index (χ3v) is 3.52. The quantitative estimate of drug-likeness (QED) is 0.852. The van der Waals surface area contributed by atoms with Crippen molar-refractivity contribution in [1.82, 2.24) is 0 Å². The van der Waals surface area contributed by atoms with E-state index < -0.39 is 19.8 Å². The highest BCUT2D eigenvalue weighted by molar-refractivity contribution is 6.71. The van der Waals surface area contributed by atoms with Gasteiger partial charge in [-0.3, -0.25) is 4.79 Å². The molecule has 18 heavy (non-hydrogen) atoms. The molecule has 0 saturated carbocycles. The van der Waals surface area contributed by atoms with Gasteiger partial charge in [0.05, 0.1) is 11.5 Å². The number of benzene rings is 1. The summed E-state index contributed by atoms with van der Waals surface area (Å²) >= 11 is 0. The zero-order chi connectivity index (χ0) is 14.0. The van der Waals surface area contributed by atoms with Crippen molar-refractivity contribution >= 4 is 14.3 Å². The summed E-state index contributed by atoms with van der Waals surface area (Å²) in [5.74, 6) is -0.335. The molecule has 0 aliphatic heterocycles. The maximum atomic E-state index is 12.1. The van der Waals surface area contributed by atoms with Crippen molar-refractivity contribution in [1.29, 1.82) is 0 Å². The van der Waals surface area contributed by atoms with Gasteiger partial charge in [-0.1, -0.05) is 30.3 Å². The highest BCUT2D eigenvalue weighted by Gasteiger charge is 2.40. The van der Waals surface area contributed by atoms with Crippen molar-refractivity contribution < 1.29 is 14.3 Å². The van der Waals surface area contributed by atoms with E-state index in [9.17, 15) is 9.90 Å². The minimum Gasteiger partial charge on any atom is -0.519 e. The monoisotopic (exact) mass is 266 g/mol. The van der Waals surface area contributed by atoms with Crippen molar-refractivity contribution in [3.05, 3.63) is 35.9 Å². The molecule has 1 unspecified atom stereocenters. The van der Waals surface area contributed by atoms with Gasteiger partial charge in [0, 0.05) is 0 Å². The fourth-order valence-electron chi connectivity index (χ4n) is 1.57. The first-order chi connectivity index (χ1) is 8.14. The van der Waals surface area contributed by atoms with Crippen LogP contribution >= 0.6 is 0 Å². The van der Waals surface area contributed by atoms with Gasteiger partial charge < -0.3 is 9.53 Å². The molecule has 0 spiro atoms. The van der Waals surface area contributed by atoms with Crippen LogP contribution in [0.25, 0.3) is 0 Å². The second-order valence-electron chi connectivity index (χ2n) is 6.04. The van der Waals surface area contributed by atoms with Crippen LogP contribution in [0.5, 0.6) is 0 Å². The number of carbonyl (C=O) groups excluding carboxylic acids is 1. The molecule has 0 bridgehead atoms. The Kier molecular flexibility index (Phi) is 4.35. The van der Waals surface area contributed by atoms with Gasteiger partial charge in [-0.2, -0.15) is 0 Å². The second-order valence-corrected chi connectivity index (χ2v) is 10.5. The molecule has 1 N–H and O–H groups in total. The van der Waals surface area contributed by atoms with E-state index in [1.807, 2.05) is 50.0 Å². The average molecular weight is 266 g/mol. The Bertz CT molecular complexity index is 407. The fourth-order valence-corrected chi connectivity index (χ4v) is 2.39. The molecular weight excluding hydrogens is 244 g/mol. The zero-order valence-electron chi connectivity index (χ0n) is 11.7. The summed E-state index contributed by atoms with van der Waals surface area (Å²) in [5, 5.41) is 10.3. The first-order valence-electron chi connectivity index (χ1n) is 6.11. The lowest BCUT2D eigenvalue weighted by molar-refractivity contribution is -0.151. The van der Waals surface area contributed by atoms with Crippen LogP contribution in [0.15, 0.2) is 30.3 Å². The average Bonchev–Trinajstić information content (AvgIpc) is 2.27. The second kappa shape index (κ2) is 5.24. The lowest BCUT2D eigenvalue weighted by Gasteiger charge is -2.31. The molecule has 0 aliphatic carbocycles. The van der Waals surface area contributed by atoms with Gasteiger partial charge in [0.2, 0.25) is 8.32 Å². The molecular formula is C14H22O3Si. The summed E-state index contributed by atoms with van der Waals surface area (Å²) < 4.78 is 5.49. The molecule has 0 aromatic heterocycles. The molecule has 1 aromatic rings. The van der Waals surface area contributed by atoms with Crippen molar-refractivity contribution in [3.8, 4) is 0 Å². The number of rotatable bonds is 4. The summed E-state index contributed by atoms with van der Waals surface area (Å²) in [6.45, 7) is 9.29. The number of carbonyl (C=O) groups is 1. The van der Waals surface area contributed by atoms with Crippen molar-refractivity contribution in [2.24, 2.45) is 5.41 Å². The molecule has 100 valence electrons. The fraction of sp³-hybridized carbons (Fsp3) is 0.500. The standard InChI is InChI=1S/C14H22O3Si/c1-14(2,13(16)17-18(3,4)5)12(15)11-9-7-6-8-10-11/h6-10,12,15H,1-5H3. The van der Waals surface area contributed by atoms with Gasteiger partial charge in [-0.15, -0.1) is 0 Å². The SMILES string of the molecule is CC(C)(C(=O)O[Si](C)(C)C)C(O)c1ccccc1. The van der Waals surface area contributed by atoms with Gasteiger partial charge >= 0.3 is 5.97 Å². The van der Waals surface area contributed by atoms with Crippen LogP contribution < -0.4 is 0 Å². The van der Waals surface area contributed by atoms with E-state index in [1.165, 1.54) is 0 Å². The summed E-state index contributed by atoms with van der Waals surface area (Å²) in [6.07, 6.45) is -0.859. The van der Waals surface area contributed by atoms with Gasteiger partial charge in [0.15, 0.2) is 0 Å². The highest BCUT2D eigenvalue weighted by Crippen LogP contribution is 2.35. The van der Waals surface area contributed by atoms with E-state index in [4.69, 9.17) is 4.43 Å². The van der Waals surface area contributed by atoms with Gasteiger partial charge in [-0.05, 0) is 39.1 Å². The van der Waals surface area contributed by atoms with Crippen LogP contribution in [0, 0.1) is 5.41 Å². The minimum absolute atomic E-state index is 0.335. The van der Waals surface area contributed by atoms with Crippen molar-refractivity contribution in [3.63, 3.8) is 0 Å². The molecule has 0 fully saturated rings. The highest BCUT2D eigenvalue weighted by atomic mass is 28.4. The summed E-state index contributed by atoms with van der Waals surface area (Å²) in [7, 11) is -1.94. The molecule has 0 aliphatic rings. The van der Waals surface area contributed by atoms with Crippen molar-refractivity contribution in [2.75, 3.05) is 0 Å². The lowest BCUT2D eigenvalue weighted by atomic mass is 9.83. The van der Waals surface area contributed by atoms with Crippen molar-refractivity contribution in [2.45, 2.75) is 39.6 Å². The maximum absolute atomic E-state index is 12.1. The van der Waals surface area contributed by atoms with E-state index >= 15 is 0 Å². The topological polar surface area (TPSA) is 46.5 Å². The Hall–Kier alpha value is -1.13. The third kappa shape index (κ3) is 3.68. The third-order valence-electron chi connectivity index (χ3n) is 2.72. The van der Waals surface area contributed by atoms with Gasteiger partial charge in [0.1, 0.15) is 0 Å². The van der Waals surface area contributed by atoms with E-state index in [0.29, 0.717) is 0 Å². The van der Waals surface area contributed by atoms with Gasteiger partial charge in [0.25, 0.3) is 0 Å². The number of aliphatic hydroxyl groups excluding tert-OH is 1. The van der Waals surface area contributed by atoms with Crippen LogP contribution in [0.1, 0.15) is 25.5 Å². The predicted octanol–water partition coefficient (Wildman–Crippen LogP) is 3.12. The Morgan fingerprint density at radius 2 is 1.72 bits per heavy atom. The van der Waals surface area contributed by atoms with E-state index in [1.54, 1.807) is 13.8 Å². The normalized spacial score (nSPS) is 14.1. The molecule has 0 saturated heterocycles. The van der Waals surface area contributed by atoms with Crippen LogP contribution in [0.4, 0.5) is 0 Å². The molecule has 3 nitrogen and oxygen atoms in total. The molecule has 1 atom stereocenters. The molecule has 1 rings (SSSR count). The maximum Gasteiger partial charge on any atom is 0.301 e. The first kappa shape index (κ1) is 14.9. The Labute approximate surface area is 110 Å². The first-order valence-corrected chi connectivity index (χ1v) is 9.52. The van der Waals surface area contributed by atoms with Gasteiger partial charge in [-0.25, -0.2) is 0 Å². The van der Waals surface area contributed by atoms with E-state index in [2.05, 4.69) is 0 Å². The lowest BCUT2D eigenvalue weighted by Crippen LogP contribution is -2.40. The number of hydrogen-bond acceptors (Lipinski definition) is 3. The van der Waals surface area contributed by atoms with Crippen LogP contribution in [-0.2, 0) is 9.22 Å². The summed E-state index contributed by atoms with van der Waals surface area (Å²) in [4.78, 5) is 12.1. The van der Waals surface area contributed by atoms with E-state index in [-0.39, 0.29) is 5.97 Å². The molecule has 0 radical (unpaired) electrons. The molecule has 1 aromatic carbocycles. The Balaban J connectivity index is 2.89. The predicted molar refractivity (Wildman–Crippen MR) is 74.6 cm³/mol. The largest absolute Gasteiger partial charge is 0.519 e. The van der Waals surface area contributed by atoms with Crippen LogP contribution in [0.3, 0.4) is 0 Å². The van der Waals surface area contributed by atoms with Crippen LogP contribution in [0.2, 0.25) is 19.6 Å². The minimum atomic E-state index is -1.94.